The highest BCUT2D eigenvalue weighted by Gasteiger charge is 2.14. The molecule has 2 amide bonds. The number of nitrogens with one attached hydrogen (secondary N) is 2. The molecule has 0 aliphatic heterocycles. The van der Waals surface area contributed by atoms with Crippen LogP contribution in [0.4, 0.5) is 5.69 Å². The van der Waals surface area contributed by atoms with Gasteiger partial charge in [-0.1, -0.05) is 59.6 Å². The van der Waals surface area contributed by atoms with Gasteiger partial charge in [0.05, 0.1) is 11.2 Å². The summed E-state index contributed by atoms with van der Waals surface area (Å²) in [6, 6.07) is 21.1. The van der Waals surface area contributed by atoms with E-state index in [2.05, 4.69) is 15.8 Å². The van der Waals surface area contributed by atoms with Gasteiger partial charge in [0.1, 0.15) is 5.70 Å². The largest absolute Gasteiger partial charge is 0.378 e. The first kappa shape index (κ1) is 24.0. The van der Waals surface area contributed by atoms with Gasteiger partial charge in [0.2, 0.25) is 0 Å². The van der Waals surface area contributed by atoms with Crippen LogP contribution in [0.2, 0.25) is 10.0 Å². The number of carbonyl (C=O) groups excluding carboxylic acids is 2. The van der Waals surface area contributed by atoms with Gasteiger partial charge in [-0.2, -0.15) is 5.10 Å². The van der Waals surface area contributed by atoms with Crippen LogP contribution in [0.15, 0.2) is 83.6 Å². The highest BCUT2D eigenvalue weighted by atomic mass is 35.5. The zero-order valence-corrected chi connectivity index (χ0v) is 19.6. The Kier molecular flexibility index (Phi) is 8.24. The van der Waals surface area contributed by atoms with Gasteiger partial charge in [-0.05, 0) is 48.0 Å². The molecule has 0 aliphatic rings. The van der Waals surface area contributed by atoms with Gasteiger partial charge < -0.3 is 10.2 Å². The van der Waals surface area contributed by atoms with Crippen LogP contribution in [-0.2, 0) is 4.79 Å². The molecule has 0 heterocycles. The van der Waals surface area contributed by atoms with Crippen molar-refractivity contribution in [2.45, 2.75) is 0 Å². The van der Waals surface area contributed by atoms with Crippen LogP contribution in [0.1, 0.15) is 21.5 Å². The van der Waals surface area contributed by atoms with Crippen LogP contribution in [0.3, 0.4) is 0 Å². The summed E-state index contributed by atoms with van der Waals surface area (Å²) in [4.78, 5) is 27.5. The molecule has 3 rings (SSSR count). The third kappa shape index (κ3) is 6.94. The molecule has 0 bridgehead atoms. The number of benzene rings is 3. The molecular formula is C25H22Cl2N4O2. The van der Waals surface area contributed by atoms with Crippen molar-refractivity contribution in [1.82, 2.24) is 10.7 Å². The quantitative estimate of drug-likeness (QED) is 0.284. The lowest BCUT2D eigenvalue weighted by atomic mass is 10.1. The average Bonchev–Trinajstić information content (AvgIpc) is 2.80. The Morgan fingerprint density at radius 1 is 0.939 bits per heavy atom. The number of halogens is 2. The van der Waals surface area contributed by atoms with Crippen LogP contribution in [0.5, 0.6) is 0 Å². The van der Waals surface area contributed by atoms with Gasteiger partial charge >= 0.3 is 0 Å². The molecule has 0 fully saturated rings. The summed E-state index contributed by atoms with van der Waals surface area (Å²) < 4.78 is 0. The summed E-state index contributed by atoms with van der Waals surface area (Å²) in [7, 11) is 3.88. The van der Waals surface area contributed by atoms with Crippen molar-refractivity contribution >= 4 is 53.0 Å². The maximum Gasteiger partial charge on any atom is 0.287 e. The van der Waals surface area contributed by atoms with Crippen molar-refractivity contribution < 1.29 is 9.59 Å². The highest BCUT2D eigenvalue weighted by molar-refractivity contribution is 6.36. The van der Waals surface area contributed by atoms with Crippen molar-refractivity contribution in [2.24, 2.45) is 5.10 Å². The van der Waals surface area contributed by atoms with E-state index in [9.17, 15) is 9.59 Å². The number of amides is 2. The van der Waals surface area contributed by atoms with E-state index in [1.807, 2.05) is 49.3 Å². The highest BCUT2D eigenvalue weighted by Crippen LogP contribution is 2.19. The SMILES string of the molecule is CN(C)c1ccc(/C=C(\NC(=O)c2ccccc2)C(=O)N/N=C\c2ccc(Cl)cc2Cl)cc1. The van der Waals surface area contributed by atoms with E-state index in [-0.39, 0.29) is 5.70 Å². The topological polar surface area (TPSA) is 73.8 Å². The van der Waals surface area contributed by atoms with Crippen molar-refractivity contribution in [2.75, 3.05) is 19.0 Å². The molecule has 3 aromatic rings. The van der Waals surface area contributed by atoms with Crippen LogP contribution in [0, 0.1) is 0 Å². The van der Waals surface area contributed by atoms with Gasteiger partial charge in [-0.15, -0.1) is 0 Å². The minimum absolute atomic E-state index is 0.0424. The Bertz CT molecular complexity index is 1190. The number of carbonyl (C=O) groups is 2. The minimum Gasteiger partial charge on any atom is -0.378 e. The summed E-state index contributed by atoms with van der Waals surface area (Å²) in [6.07, 6.45) is 2.99. The van der Waals surface area contributed by atoms with Gasteiger partial charge in [-0.25, -0.2) is 5.43 Å². The van der Waals surface area contributed by atoms with E-state index >= 15 is 0 Å². The maximum atomic E-state index is 12.8. The monoisotopic (exact) mass is 480 g/mol. The Hall–Kier alpha value is -3.61. The van der Waals surface area contributed by atoms with Crippen LogP contribution in [-0.4, -0.2) is 32.1 Å². The smallest absolute Gasteiger partial charge is 0.287 e. The second kappa shape index (κ2) is 11.3. The van der Waals surface area contributed by atoms with Gasteiger partial charge in [0.25, 0.3) is 11.8 Å². The predicted molar refractivity (Wildman–Crippen MR) is 135 cm³/mol. The fourth-order valence-electron chi connectivity index (χ4n) is 2.80. The molecular weight excluding hydrogens is 459 g/mol. The number of hydrazone groups is 1. The van der Waals surface area contributed by atoms with Gasteiger partial charge in [-0.3, -0.25) is 9.59 Å². The standard InChI is InChI=1S/C25H22Cl2N4O2/c1-31(2)21-12-8-17(9-13-21)14-23(29-24(32)18-6-4-3-5-7-18)25(33)30-28-16-19-10-11-20(26)15-22(19)27/h3-16H,1-2H3,(H,29,32)(H,30,33)/b23-14-,28-16-. The van der Waals surface area contributed by atoms with E-state index in [0.29, 0.717) is 21.2 Å². The molecule has 0 radical (unpaired) electrons. The summed E-state index contributed by atoms with van der Waals surface area (Å²) in [5.41, 5.74) is 5.23. The second-order valence-corrected chi connectivity index (χ2v) is 8.07. The molecule has 6 nitrogen and oxygen atoms in total. The zero-order valence-electron chi connectivity index (χ0n) is 18.0. The normalized spacial score (nSPS) is 11.3. The summed E-state index contributed by atoms with van der Waals surface area (Å²) >= 11 is 12.0. The van der Waals surface area contributed by atoms with E-state index in [0.717, 1.165) is 11.3 Å². The van der Waals surface area contributed by atoms with E-state index in [1.165, 1.54) is 6.21 Å². The number of nitrogens with zero attached hydrogens (tertiary/aromatic N) is 2. The second-order valence-electron chi connectivity index (χ2n) is 7.23. The molecule has 0 saturated carbocycles. The maximum absolute atomic E-state index is 12.8. The lowest BCUT2D eigenvalue weighted by Gasteiger charge is -2.12. The van der Waals surface area contributed by atoms with Gasteiger partial charge in [0.15, 0.2) is 0 Å². The molecule has 0 spiro atoms. The molecule has 8 heteroatoms. The van der Waals surface area contributed by atoms with Crippen molar-refractivity contribution in [1.29, 1.82) is 0 Å². The molecule has 0 atom stereocenters. The van der Waals surface area contributed by atoms with E-state index in [1.54, 1.807) is 48.5 Å². The lowest BCUT2D eigenvalue weighted by Crippen LogP contribution is -2.32. The molecule has 2 N–H and O–H groups in total. The van der Waals surface area contributed by atoms with Gasteiger partial charge in [0, 0.05) is 35.9 Å². The fraction of sp³-hybridized carbons (Fsp3) is 0.0800. The number of rotatable bonds is 7. The van der Waals surface area contributed by atoms with Crippen LogP contribution >= 0.6 is 23.2 Å². The third-order valence-corrected chi connectivity index (χ3v) is 5.14. The average molecular weight is 481 g/mol. The number of hydrogen-bond acceptors (Lipinski definition) is 4. The molecule has 33 heavy (non-hydrogen) atoms. The van der Waals surface area contributed by atoms with Crippen LogP contribution in [0.25, 0.3) is 6.08 Å². The van der Waals surface area contributed by atoms with Crippen molar-refractivity contribution in [3.05, 3.63) is 105 Å². The molecule has 0 saturated heterocycles. The Balaban J connectivity index is 1.82. The first-order valence-electron chi connectivity index (χ1n) is 9.97. The Morgan fingerprint density at radius 2 is 1.64 bits per heavy atom. The van der Waals surface area contributed by atoms with E-state index in [4.69, 9.17) is 23.2 Å². The molecule has 0 aliphatic carbocycles. The predicted octanol–water partition coefficient (Wildman–Crippen LogP) is 4.98. The fourth-order valence-corrected chi connectivity index (χ4v) is 3.26. The molecule has 0 unspecified atom stereocenters. The first-order chi connectivity index (χ1) is 15.8. The summed E-state index contributed by atoms with van der Waals surface area (Å²) in [5.74, 6) is -0.996. The Labute approximate surface area is 202 Å². The molecule has 168 valence electrons. The summed E-state index contributed by atoms with van der Waals surface area (Å²) in [5, 5.41) is 7.52. The van der Waals surface area contributed by atoms with Crippen molar-refractivity contribution in [3.8, 4) is 0 Å². The first-order valence-corrected chi connectivity index (χ1v) is 10.7. The number of anilines is 1. The molecule has 0 aromatic heterocycles. The van der Waals surface area contributed by atoms with E-state index < -0.39 is 11.8 Å². The van der Waals surface area contributed by atoms with Crippen LogP contribution < -0.4 is 15.6 Å². The number of hydrogen-bond donors (Lipinski definition) is 2. The lowest BCUT2D eigenvalue weighted by molar-refractivity contribution is -0.117. The molecule has 3 aromatic carbocycles. The third-order valence-electron chi connectivity index (χ3n) is 4.58. The summed E-state index contributed by atoms with van der Waals surface area (Å²) in [6.45, 7) is 0. The Morgan fingerprint density at radius 3 is 2.27 bits per heavy atom. The minimum atomic E-state index is -0.586. The van der Waals surface area contributed by atoms with Crippen molar-refractivity contribution in [3.63, 3.8) is 0 Å². The zero-order chi connectivity index (χ0) is 23.8.